The minimum Gasteiger partial charge on any atom is -0.478 e. The number of hydrogen-bond donors (Lipinski definition) is 1. The van der Waals surface area contributed by atoms with Gasteiger partial charge in [0.05, 0.1) is 0 Å². The van der Waals surface area contributed by atoms with Crippen molar-refractivity contribution in [1.82, 2.24) is 0 Å². The first-order valence-electron chi connectivity index (χ1n) is 10.5. The highest BCUT2D eigenvalue weighted by Crippen LogP contribution is 2.41. The van der Waals surface area contributed by atoms with Crippen LogP contribution in [0.25, 0.3) is 0 Å². The van der Waals surface area contributed by atoms with Gasteiger partial charge in [-0.1, -0.05) is 56.6 Å². The lowest BCUT2D eigenvalue weighted by molar-refractivity contribution is -0.131. The van der Waals surface area contributed by atoms with Crippen LogP contribution in [0.3, 0.4) is 0 Å². The van der Waals surface area contributed by atoms with E-state index in [-0.39, 0.29) is 5.41 Å². The zero-order chi connectivity index (χ0) is 19.9. The summed E-state index contributed by atoms with van der Waals surface area (Å²) < 4.78 is 0. The maximum atomic E-state index is 10.9. The van der Waals surface area contributed by atoms with Crippen molar-refractivity contribution in [3.05, 3.63) is 58.2 Å². The quantitative estimate of drug-likeness (QED) is 0.408. The van der Waals surface area contributed by atoms with Crippen LogP contribution in [0, 0.1) is 5.41 Å². The molecule has 0 aromatic heterocycles. The minimum absolute atomic E-state index is 0.262. The molecule has 0 amide bonds. The lowest BCUT2D eigenvalue weighted by Crippen LogP contribution is -2.19. The summed E-state index contributed by atoms with van der Waals surface area (Å²) in [6.45, 7) is 8.86. The molecular weight excluding hydrogens is 332 g/mol. The fourth-order valence-corrected chi connectivity index (χ4v) is 4.36. The van der Waals surface area contributed by atoms with Gasteiger partial charge in [-0.25, -0.2) is 4.79 Å². The molecule has 0 aromatic rings. The third-order valence-electron chi connectivity index (χ3n) is 5.95. The Balaban J connectivity index is 2.33. The zero-order valence-electron chi connectivity index (χ0n) is 17.6. The van der Waals surface area contributed by atoms with Crippen molar-refractivity contribution in [2.24, 2.45) is 5.41 Å². The van der Waals surface area contributed by atoms with E-state index in [4.69, 9.17) is 5.11 Å². The van der Waals surface area contributed by atoms with Gasteiger partial charge in [-0.15, -0.1) is 0 Å². The molecule has 0 aromatic carbocycles. The van der Waals surface area contributed by atoms with Gasteiger partial charge in [0.1, 0.15) is 0 Å². The molecule has 0 saturated heterocycles. The van der Waals surface area contributed by atoms with E-state index in [1.54, 1.807) is 0 Å². The number of rotatable bonds is 5. The number of hydrogen-bond acceptors (Lipinski definition) is 1. The Labute approximate surface area is 165 Å². The fourth-order valence-electron chi connectivity index (χ4n) is 4.36. The maximum absolute atomic E-state index is 10.9. The highest BCUT2D eigenvalue weighted by Gasteiger charge is 2.26. The first kappa shape index (κ1) is 21.5. The topological polar surface area (TPSA) is 37.3 Å². The van der Waals surface area contributed by atoms with Crippen LogP contribution >= 0.6 is 0 Å². The average Bonchev–Trinajstić information content (AvgIpc) is 2.54. The summed E-state index contributed by atoms with van der Waals surface area (Å²) in [4.78, 5) is 10.9. The standard InChI is InChI=1S/C25H36O2/c1-19(18-24(26)27)13-14-21-11-7-5-6-8-12-22(21)15-16-23-20(2)10-9-17-25(23,3)4/h13-16,18H,5-12,17H2,1-4H3,(H,26,27). The molecule has 2 rings (SSSR count). The van der Waals surface area contributed by atoms with Gasteiger partial charge in [-0.05, 0) is 86.5 Å². The number of carbonyl (C=O) groups is 1. The Morgan fingerprint density at radius 1 is 0.926 bits per heavy atom. The first-order chi connectivity index (χ1) is 12.8. The van der Waals surface area contributed by atoms with Gasteiger partial charge in [0.15, 0.2) is 0 Å². The summed E-state index contributed by atoms with van der Waals surface area (Å²) >= 11 is 0. The molecule has 0 bridgehead atoms. The SMILES string of the molecule is CC(C=CC1=C(C=CC2=C(C)CCCC2(C)C)CCCCCC1)=CC(=O)O. The number of aliphatic carboxylic acids is 1. The Morgan fingerprint density at radius 3 is 2.15 bits per heavy atom. The van der Waals surface area contributed by atoms with E-state index >= 15 is 0 Å². The van der Waals surface area contributed by atoms with E-state index in [2.05, 4.69) is 39.0 Å². The largest absolute Gasteiger partial charge is 0.478 e. The molecule has 148 valence electrons. The Morgan fingerprint density at radius 2 is 1.56 bits per heavy atom. The van der Waals surface area contributed by atoms with Crippen molar-refractivity contribution in [3.63, 3.8) is 0 Å². The number of carboxylic acid groups (broad SMARTS) is 1. The minimum atomic E-state index is -0.883. The third-order valence-corrected chi connectivity index (χ3v) is 5.95. The van der Waals surface area contributed by atoms with Crippen LogP contribution in [0.1, 0.15) is 85.5 Å². The number of allylic oxidation sites excluding steroid dienone is 9. The molecule has 0 heterocycles. The summed E-state index contributed by atoms with van der Waals surface area (Å²) in [5.41, 5.74) is 6.89. The van der Waals surface area contributed by atoms with Crippen molar-refractivity contribution < 1.29 is 9.90 Å². The third kappa shape index (κ3) is 6.68. The lowest BCUT2D eigenvalue weighted by Gasteiger charge is -2.33. The second-order valence-electron chi connectivity index (χ2n) is 8.79. The molecule has 0 atom stereocenters. The molecule has 0 unspecified atom stereocenters. The van der Waals surface area contributed by atoms with E-state index in [0.29, 0.717) is 0 Å². The predicted molar refractivity (Wildman–Crippen MR) is 115 cm³/mol. The second-order valence-corrected chi connectivity index (χ2v) is 8.79. The van der Waals surface area contributed by atoms with Gasteiger partial charge in [0, 0.05) is 6.08 Å². The summed E-state index contributed by atoms with van der Waals surface area (Å²) in [5.74, 6) is -0.883. The van der Waals surface area contributed by atoms with Crippen LogP contribution in [-0.4, -0.2) is 11.1 Å². The fraction of sp³-hybridized carbons (Fsp3) is 0.560. The number of carboxylic acids is 1. The Hall–Kier alpha value is -1.83. The summed E-state index contributed by atoms with van der Waals surface area (Å²) in [5, 5.41) is 8.92. The van der Waals surface area contributed by atoms with Crippen LogP contribution < -0.4 is 0 Å². The summed E-state index contributed by atoms with van der Waals surface area (Å²) in [7, 11) is 0. The van der Waals surface area contributed by atoms with Crippen LogP contribution in [0.2, 0.25) is 0 Å². The van der Waals surface area contributed by atoms with Crippen molar-refractivity contribution >= 4 is 5.97 Å². The van der Waals surface area contributed by atoms with E-state index in [9.17, 15) is 4.79 Å². The monoisotopic (exact) mass is 368 g/mol. The van der Waals surface area contributed by atoms with E-state index in [1.807, 2.05) is 13.0 Å². The van der Waals surface area contributed by atoms with Crippen molar-refractivity contribution in [1.29, 1.82) is 0 Å². The molecule has 2 aliphatic carbocycles. The van der Waals surface area contributed by atoms with Gasteiger partial charge in [0.25, 0.3) is 0 Å². The average molecular weight is 369 g/mol. The van der Waals surface area contributed by atoms with E-state index < -0.39 is 5.97 Å². The van der Waals surface area contributed by atoms with E-state index in [0.717, 1.165) is 18.4 Å². The highest BCUT2D eigenvalue weighted by molar-refractivity contribution is 5.81. The molecule has 0 radical (unpaired) electrons. The predicted octanol–water partition coefficient (Wildman–Crippen LogP) is 7.31. The first-order valence-corrected chi connectivity index (χ1v) is 10.5. The summed E-state index contributed by atoms with van der Waals surface area (Å²) in [6.07, 6.45) is 21.1. The Kier molecular flexibility index (Phi) is 7.89. The zero-order valence-corrected chi connectivity index (χ0v) is 17.6. The normalized spacial score (nSPS) is 22.4. The highest BCUT2D eigenvalue weighted by atomic mass is 16.4. The van der Waals surface area contributed by atoms with Crippen LogP contribution in [0.15, 0.2) is 58.2 Å². The molecule has 0 aliphatic heterocycles. The Bertz CT molecular complexity index is 696. The van der Waals surface area contributed by atoms with Crippen molar-refractivity contribution in [3.8, 4) is 0 Å². The maximum Gasteiger partial charge on any atom is 0.328 e. The second kappa shape index (κ2) is 9.92. The molecule has 2 aliphatic rings. The molecule has 2 nitrogen and oxygen atoms in total. The lowest BCUT2D eigenvalue weighted by atomic mass is 9.72. The molecule has 0 fully saturated rings. The van der Waals surface area contributed by atoms with Crippen LogP contribution in [0.4, 0.5) is 0 Å². The smallest absolute Gasteiger partial charge is 0.328 e. The molecule has 0 spiro atoms. The van der Waals surface area contributed by atoms with Crippen LogP contribution in [-0.2, 0) is 4.79 Å². The molecule has 0 saturated carbocycles. The van der Waals surface area contributed by atoms with Crippen molar-refractivity contribution in [2.75, 3.05) is 0 Å². The molecule has 27 heavy (non-hydrogen) atoms. The molecule has 2 heteroatoms. The van der Waals surface area contributed by atoms with Crippen molar-refractivity contribution in [2.45, 2.75) is 85.5 Å². The van der Waals surface area contributed by atoms with Gasteiger partial charge in [-0.3, -0.25) is 0 Å². The van der Waals surface area contributed by atoms with Gasteiger partial charge in [-0.2, -0.15) is 0 Å². The van der Waals surface area contributed by atoms with E-state index in [1.165, 1.54) is 73.3 Å². The van der Waals surface area contributed by atoms with Crippen LogP contribution in [0.5, 0.6) is 0 Å². The van der Waals surface area contributed by atoms with Gasteiger partial charge in [0.2, 0.25) is 0 Å². The molecule has 1 N–H and O–H groups in total. The van der Waals surface area contributed by atoms with Gasteiger partial charge >= 0.3 is 5.97 Å². The molecular formula is C25H36O2. The summed E-state index contributed by atoms with van der Waals surface area (Å²) in [6, 6.07) is 0. The van der Waals surface area contributed by atoms with Gasteiger partial charge < -0.3 is 5.11 Å².